The number of carbonyl (C=O) groups is 2. The Morgan fingerprint density at radius 3 is 2.24 bits per heavy atom. The summed E-state index contributed by atoms with van der Waals surface area (Å²) >= 11 is 0. The van der Waals surface area contributed by atoms with Crippen LogP contribution in [0.1, 0.15) is 25.5 Å². The average molecular weight is 312 g/mol. The molecule has 0 spiro atoms. The minimum Gasteiger partial charge on any atom is -0.368 e. The summed E-state index contributed by atoms with van der Waals surface area (Å²) in [5, 5.41) is 2.37. The zero-order chi connectivity index (χ0) is 16.0. The van der Waals surface area contributed by atoms with Crippen molar-refractivity contribution in [3.63, 3.8) is 0 Å². The van der Waals surface area contributed by atoms with Crippen LogP contribution in [-0.2, 0) is 19.4 Å². The van der Waals surface area contributed by atoms with Gasteiger partial charge in [0.25, 0.3) is 0 Å². The number of nitrogens with two attached hydrogens (primary N) is 1. The monoisotopic (exact) mass is 312 g/mol. The van der Waals surface area contributed by atoms with E-state index >= 15 is 0 Å². The summed E-state index contributed by atoms with van der Waals surface area (Å²) in [6, 6.07) is 7.40. The second kappa shape index (κ2) is 7.21. The summed E-state index contributed by atoms with van der Waals surface area (Å²) in [4.78, 5) is 23.3. The van der Waals surface area contributed by atoms with E-state index in [-0.39, 0.29) is 11.7 Å². The van der Waals surface area contributed by atoms with E-state index < -0.39 is 33.4 Å². The number of amides is 2. The minimum absolute atomic E-state index is 0.0659. The molecule has 0 heterocycles. The first-order valence-electron chi connectivity index (χ1n) is 6.55. The van der Waals surface area contributed by atoms with Crippen molar-refractivity contribution < 1.29 is 18.0 Å². The van der Waals surface area contributed by atoms with E-state index in [2.05, 4.69) is 5.32 Å². The molecule has 0 aliphatic heterocycles. The van der Waals surface area contributed by atoms with Gasteiger partial charge in [-0.05, 0) is 11.5 Å². The van der Waals surface area contributed by atoms with Gasteiger partial charge in [0.05, 0.1) is 5.75 Å². The van der Waals surface area contributed by atoms with E-state index in [0.29, 0.717) is 5.56 Å². The van der Waals surface area contributed by atoms with Crippen molar-refractivity contribution in [2.24, 2.45) is 11.7 Å². The Morgan fingerprint density at radius 2 is 1.76 bits per heavy atom. The van der Waals surface area contributed by atoms with Crippen LogP contribution in [0.5, 0.6) is 0 Å². The van der Waals surface area contributed by atoms with Crippen LogP contribution in [0.25, 0.3) is 0 Å². The van der Waals surface area contributed by atoms with Crippen LogP contribution in [-0.4, -0.2) is 31.7 Å². The number of benzene rings is 1. The zero-order valence-electron chi connectivity index (χ0n) is 12.1. The van der Waals surface area contributed by atoms with Crippen molar-refractivity contribution in [3.8, 4) is 0 Å². The molecule has 1 aromatic carbocycles. The molecule has 0 radical (unpaired) electrons. The Labute approximate surface area is 124 Å². The van der Waals surface area contributed by atoms with Crippen LogP contribution in [0, 0.1) is 5.92 Å². The first kappa shape index (κ1) is 17.2. The molecule has 6 nitrogen and oxygen atoms in total. The van der Waals surface area contributed by atoms with Crippen molar-refractivity contribution >= 4 is 21.7 Å². The molecule has 0 fully saturated rings. The van der Waals surface area contributed by atoms with Crippen molar-refractivity contribution in [2.75, 3.05) is 11.5 Å². The molecular weight excluding hydrogens is 292 g/mol. The predicted molar refractivity (Wildman–Crippen MR) is 80.0 cm³/mol. The summed E-state index contributed by atoms with van der Waals surface area (Å²) in [5.41, 5.74) is 5.77. The molecule has 0 aliphatic rings. The Kier molecular flexibility index (Phi) is 5.90. The summed E-state index contributed by atoms with van der Waals surface area (Å²) in [6.45, 7) is 3.51. The smallest absolute Gasteiger partial charge is 0.244 e. The van der Waals surface area contributed by atoms with E-state index in [1.807, 2.05) is 0 Å². The van der Waals surface area contributed by atoms with Crippen LogP contribution in [0.3, 0.4) is 0 Å². The molecule has 116 valence electrons. The molecule has 0 saturated carbocycles. The number of rotatable bonds is 7. The fourth-order valence-corrected chi connectivity index (χ4v) is 3.55. The zero-order valence-corrected chi connectivity index (χ0v) is 12.9. The molecule has 0 aliphatic carbocycles. The number of nitrogens with one attached hydrogen (secondary N) is 1. The maximum atomic E-state index is 11.8. The Balaban J connectivity index is 2.77. The first-order chi connectivity index (χ1) is 9.71. The lowest BCUT2D eigenvalue weighted by molar-refractivity contribution is -0.126. The van der Waals surface area contributed by atoms with E-state index in [9.17, 15) is 18.0 Å². The van der Waals surface area contributed by atoms with E-state index in [1.165, 1.54) is 0 Å². The Hall–Kier alpha value is -1.89. The van der Waals surface area contributed by atoms with Crippen molar-refractivity contribution in [3.05, 3.63) is 35.9 Å². The maximum absolute atomic E-state index is 11.8. The summed E-state index contributed by atoms with van der Waals surface area (Å²) in [7, 11) is -3.50. The van der Waals surface area contributed by atoms with Crippen LogP contribution >= 0.6 is 0 Å². The fraction of sp³-hybridized carbons (Fsp3) is 0.429. The second-order valence-electron chi connectivity index (χ2n) is 5.26. The molecular formula is C14H20N2O4S. The maximum Gasteiger partial charge on any atom is 0.244 e. The molecule has 0 unspecified atom stereocenters. The summed E-state index contributed by atoms with van der Waals surface area (Å²) in [5.74, 6) is -2.27. The fourth-order valence-electron chi connectivity index (χ4n) is 1.93. The lowest BCUT2D eigenvalue weighted by Crippen LogP contribution is -2.40. The lowest BCUT2D eigenvalue weighted by Gasteiger charge is -2.16. The predicted octanol–water partition coefficient (Wildman–Crippen LogP) is 0.400. The van der Waals surface area contributed by atoms with Crippen LogP contribution in [0.4, 0.5) is 0 Å². The number of hydrogen-bond acceptors (Lipinski definition) is 4. The quantitative estimate of drug-likeness (QED) is 0.760. The van der Waals surface area contributed by atoms with E-state index in [0.717, 1.165) is 0 Å². The van der Waals surface area contributed by atoms with Gasteiger partial charge < -0.3 is 11.1 Å². The third-order valence-electron chi connectivity index (χ3n) is 2.66. The van der Waals surface area contributed by atoms with Gasteiger partial charge in [-0.25, -0.2) is 8.42 Å². The molecule has 3 N–H and O–H groups in total. The van der Waals surface area contributed by atoms with Crippen LogP contribution in [0.15, 0.2) is 30.3 Å². The van der Waals surface area contributed by atoms with Gasteiger partial charge in [-0.2, -0.15) is 0 Å². The van der Waals surface area contributed by atoms with E-state index in [4.69, 9.17) is 5.73 Å². The molecule has 0 bridgehead atoms. The Morgan fingerprint density at radius 1 is 1.19 bits per heavy atom. The van der Waals surface area contributed by atoms with E-state index in [1.54, 1.807) is 44.2 Å². The number of hydrogen-bond donors (Lipinski definition) is 2. The number of primary amides is 1. The summed E-state index contributed by atoms with van der Waals surface area (Å²) in [6.07, 6.45) is 0. The van der Waals surface area contributed by atoms with Gasteiger partial charge in [-0.1, -0.05) is 44.2 Å². The molecule has 1 atom stereocenters. The molecule has 0 aromatic heterocycles. The highest BCUT2D eigenvalue weighted by Gasteiger charge is 2.24. The van der Waals surface area contributed by atoms with Gasteiger partial charge >= 0.3 is 0 Å². The second-order valence-corrected chi connectivity index (χ2v) is 7.37. The highest BCUT2D eigenvalue weighted by atomic mass is 32.2. The van der Waals surface area contributed by atoms with Crippen molar-refractivity contribution in [1.82, 2.24) is 5.32 Å². The van der Waals surface area contributed by atoms with Crippen LogP contribution in [0.2, 0.25) is 0 Å². The molecule has 0 saturated heterocycles. The number of sulfone groups is 1. The summed E-state index contributed by atoms with van der Waals surface area (Å²) < 4.78 is 23.5. The van der Waals surface area contributed by atoms with Crippen molar-refractivity contribution in [2.45, 2.75) is 19.9 Å². The van der Waals surface area contributed by atoms with Gasteiger partial charge in [-0.3, -0.25) is 9.59 Å². The topological polar surface area (TPSA) is 106 Å². The largest absolute Gasteiger partial charge is 0.368 e. The van der Waals surface area contributed by atoms with Gasteiger partial charge in [0, 0.05) is 0 Å². The third kappa shape index (κ3) is 5.95. The van der Waals surface area contributed by atoms with Crippen LogP contribution < -0.4 is 11.1 Å². The highest BCUT2D eigenvalue weighted by Crippen LogP contribution is 2.12. The highest BCUT2D eigenvalue weighted by molar-refractivity contribution is 7.92. The van der Waals surface area contributed by atoms with Gasteiger partial charge in [0.2, 0.25) is 11.8 Å². The Bertz CT molecular complexity index is 597. The lowest BCUT2D eigenvalue weighted by atomic mass is 10.1. The molecule has 1 rings (SSSR count). The SMILES string of the molecule is CC(C)CS(=O)(=O)CC(=O)N[C@@H](C(N)=O)c1ccccc1. The van der Waals surface area contributed by atoms with Gasteiger partial charge in [-0.15, -0.1) is 0 Å². The molecule has 21 heavy (non-hydrogen) atoms. The van der Waals surface area contributed by atoms with Crippen molar-refractivity contribution in [1.29, 1.82) is 0 Å². The minimum atomic E-state index is -3.50. The first-order valence-corrected chi connectivity index (χ1v) is 8.37. The standard InChI is InChI=1S/C14H20N2O4S/c1-10(2)8-21(19,20)9-12(17)16-13(14(15)18)11-6-4-3-5-7-11/h3-7,10,13H,8-9H2,1-2H3,(H2,15,18)(H,16,17)/t13-/m1/s1. The molecule has 1 aromatic rings. The third-order valence-corrected chi connectivity index (χ3v) is 4.54. The average Bonchev–Trinajstić information content (AvgIpc) is 2.34. The van der Waals surface area contributed by atoms with Gasteiger partial charge in [0.1, 0.15) is 11.8 Å². The van der Waals surface area contributed by atoms with Gasteiger partial charge in [0.15, 0.2) is 9.84 Å². The molecule has 2 amide bonds. The molecule has 7 heteroatoms. The normalized spacial score (nSPS) is 12.9. The number of carbonyl (C=O) groups excluding carboxylic acids is 2.